The molecule has 0 saturated heterocycles. The molecule has 0 aliphatic heterocycles. The molecule has 174 valence electrons. The second kappa shape index (κ2) is 8.71. The lowest BCUT2D eigenvalue weighted by Crippen LogP contribution is -2.41. The molecule has 5 aromatic rings. The maximum Gasteiger partial charge on any atom is 0.333 e. The monoisotopic (exact) mass is 488 g/mol. The standard InChI is InChI=1S/C25H18ClFN6O2/c26-17-11-14(9-10-18(17)27)22-23(33(29)20-8-4-3-7-19(20)28)24(34)32(25(35)31-22)21-13-30-12-15-5-1-2-6-16(15)21/h1-13H,28-29H2,(H,31,35). The van der Waals surface area contributed by atoms with E-state index in [0.717, 1.165) is 21.0 Å². The third-order valence-corrected chi connectivity index (χ3v) is 5.90. The van der Waals surface area contributed by atoms with Crippen LogP contribution in [0.2, 0.25) is 5.02 Å². The molecule has 0 saturated carbocycles. The van der Waals surface area contributed by atoms with Crippen molar-refractivity contribution in [2.45, 2.75) is 0 Å². The molecular weight excluding hydrogens is 471 g/mol. The molecule has 5 N–H and O–H groups in total. The van der Waals surface area contributed by atoms with Crippen LogP contribution >= 0.6 is 11.6 Å². The highest BCUT2D eigenvalue weighted by molar-refractivity contribution is 6.31. The molecule has 0 unspecified atom stereocenters. The zero-order valence-electron chi connectivity index (χ0n) is 18.1. The first-order valence-corrected chi connectivity index (χ1v) is 10.8. The largest absolute Gasteiger partial charge is 0.397 e. The van der Waals surface area contributed by atoms with E-state index in [4.69, 9.17) is 23.2 Å². The minimum atomic E-state index is -0.734. The lowest BCUT2D eigenvalue weighted by molar-refractivity contribution is 0.628. The van der Waals surface area contributed by atoms with E-state index in [2.05, 4.69) is 9.97 Å². The van der Waals surface area contributed by atoms with Crippen LogP contribution in [0.5, 0.6) is 0 Å². The van der Waals surface area contributed by atoms with Gasteiger partial charge in [0.15, 0.2) is 0 Å². The molecule has 0 aliphatic rings. The molecular formula is C25H18ClFN6O2. The highest BCUT2D eigenvalue weighted by Gasteiger charge is 2.24. The van der Waals surface area contributed by atoms with E-state index >= 15 is 0 Å². The molecule has 0 atom stereocenters. The fourth-order valence-electron chi connectivity index (χ4n) is 3.94. The Bertz CT molecular complexity index is 1710. The average molecular weight is 489 g/mol. The number of nitrogen functional groups attached to an aromatic ring is 1. The van der Waals surface area contributed by atoms with Crippen LogP contribution in [0.1, 0.15) is 0 Å². The van der Waals surface area contributed by atoms with Crippen LogP contribution in [0.3, 0.4) is 0 Å². The predicted octanol–water partition coefficient (Wildman–Crippen LogP) is 4.13. The van der Waals surface area contributed by atoms with Gasteiger partial charge in [0.2, 0.25) is 0 Å². The van der Waals surface area contributed by atoms with E-state index in [9.17, 15) is 14.0 Å². The zero-order chi connectivity index (χ0) is 24.7. The predicted molar refractivity (Wildman–Crippen MR) is 136 cm³/mol. The molecule has 5 rings (SSSR count). The fraction of sp³-hybridized carbons (Fsp3) is 0. The first-order valence-electron chi connectivity index (χ1n) is 10.4. The Balaban J connectivity index is 1.86. The first kappa shape index (κ1) is 22.3. The second-order valence-electron chi connectivity index (χ2n) is 7.73. The van der Waals surface area contributed by atoms with E-state index in [0.29, 0.717) is 16.8 Å². The summed E-state index contributed by atoms with van der Waals surface area (Å²) >= 11 is 5.99. The summed E-state index contributed by atoms with van der Waals surface area (Å²) in [6.45, 7) is 0. The highest BCUT2D eigenvalue weighted by Crippen LogP contribution is 2.33. The van der Waals surface area contributed by atoms with Crippen LogP contribution < -0.4 is 27.8 Å². The van der Waals surface area contributed by atoms with Gasteiger partial charge in [-0.15, -0.1) is 0 Å². The number of hydrazine groups is 1. The van der Waals surface area contributed by atoms with Crippen LogP contribution in [0, 0.1) is 5.82 Å². The van der Waals surface area contributed by atoms with Gasteiger partial charge in [-0.3, -0.25) is 14.8 Å². The van der Waals surface area contributed by atoms with Crippen molar-refractivity contribution in [3.8, 4) is 16.9 Å². The quantitative estimate of drug-likeness (QED) is 0.198. The molecule has 0 aliphatic carbocycles. The maximum atomic E-state index is 14.0. The summed E-state index contributed by atoms with van der Waals surface area (Å²) < 4.78 is 14.8. The van der Waals surface area contributed by atoms with Crippen LogP contribution in [-0.2, 0) is 0 Å². The summed E-state index contributed by atoms with van der Waals surface area (Å²) in [6, 6.07) is 17.7. The van der Waals surface area contributed by atoms with Gasteiger partial charge in [-0.25, -0.2) is 19.6 Å². The lowest BCUT2D eigenvalue weighted by Gasteiger charge is -2.23. The molecule has 8 nitrogen and oxygen atoms in total. The third-order valence-electron chi connectivity index (χ3n) is 5.61. The molecule has 2 aromatic heterocycles. The molecule has 0 amide bonds. The summed E-state index contributed by atoms with van der Waals surface area (Å²) in [4.78, 5) is 34.1. The number of aromatic amines is 1. The Morgan fingerprint density at radius 3 is 2.51 bits per heavy atom. The van der Waals surface area contributed by atoms with Gasteiger partial charge in [-0.05, 0) is 30.3 Å². The van der Waals surface area contributed by atoms with Crippen molar-refractivity contribution in [3.63, 3.8) is 0 Å². The Labute approximate surface area is 202 Å². The van der Waals surface area contributed by atoms with Crippen LogP contribution in [0.4, 0.5) is 21.5 Å². The lowest BCUT2D eigenvalue weighted by atomic mass is 10.1. The average Bonchev–Trinajstić information content (AvgIpc) is 2.85. The number of rotatable bonds is 4. The number of H-pyrrole nitrogens is 1. The molecule has 0 bridgehead atoms. The van der Waals surface area contributed by atoms with Crippen LogP contribution in [0.15, 0.2) is 88.7 Å². The summed E-state index contributed by atoms with van der Waals surface area (Å²) in [6.07, 6.45) is 3.06. The van der Waals surface area contributed by atoms with Crippen molar-refractivity contribution < 1.29 is 4.39 Å². The number of aromatic nitrogens is 3. The summed E-state index contributed by atoms with van der Waals surface area (Å²) in [7, 11) is 0. The Morgan fingerprint density at radius 1 is 1.00 bits per heavy atom. The molecule has 0 spiro atoms. The molecule has 35 heavy (non-hydrogen) atoms. The minimum absolute atomic E-state index is 0.0529. The van der Waals surface area contributed by atoms with Crippen molar-refractivity contribution in [1.29, 1.82) is 0 Å². The van der Waals surface area contributed by atoms with Gasteiger partial charge in [0.25, 0.3) is 5.56 Å². The number of hydrogen-bond acceptors (Lipinski definition) is 6. The number of nitrogens with zero attached hydrogens (tertiary/aromatic N) is 3. The van der Waals surface area contributed by atoms with Gasteiger partial charge in [0.1, 0.15) is 11.5 Å². The number of halogens is 2. The van der Waals surface area contributed by atoms with E-state index in [1.807, 2.05) is 12.1 Å². The number of para-hydroxylation sites is 2. The fourth-order valence-corrected chi connectivity index (χ4v) is 4.12. The van der Waals surface area contributed by atoms with Crippen molar-refractivity contribution in [2.75, 3.05) is 10.7 Å². The number of nitrogens with two attached hydrogens (primary N) is 2. The number of nitrogens with one attached hydrogen (secondary N) is 1. The summed E-state index contributed by atoms with van der Waals surface area (Å²) in [5, 5.41) is 2.29. The second-order valence-corrected chi connectivity index (χ2v) is 8.14. The number of hydrogen-bond donors (Lipinski definition) is 3. The molecule has 0 radical (unpaired) electrons. The zero-order valence-corrected chi connectivity index (χ0v) is 18.8. The van der Waals surface area contributed by atoms with Gasteiger partial charge in [-0.2, -0.15) is 0 Å². The molecule has 0 fully saturated rings. The highest BCUT2D eigenvalue weighted by atomic mass is 35.5. The van der Waals surface area contributed by atoms with E-state index in [1.54, 1.807) is 42.6 Å². The van der Waals surface area contributed by atoms with E-state index < -0.39 is 17.1 Å². The minimum Gasteiger partial charge on any atom is -0.397 e. The van der Waals surface area contributed by atoms with Crippen molar-refractivity contribution in [3.05, 3.63) is 111 Å². The van der Waals surface area contributed by atoms with E-state index in [1.165, 1.54) is 18.3 Å². The number of anilines is 3. The summed E-state index contributed by atoms with van der Waals surface area (Å²) in [5.41, 5.74) is 5.80. The Hall–Kier alpha value is -4.47. The van der Waals surface area contributed by atoms with Crippen LogP contribution in [-0.4, -0.2) is 14.5 Å². The Morgan fingerprint density at radius 2 is 1.74 bits per heavy atom. The number of benzene rings is 3. The SMILES string of the molecule is Nc1ccccc1N(N)c1c(-c2ccc(F)c(Cl)c2)[nH]c(=O)n(-c2cncc3ccccc23)c1=O. The van der Waals surface area contributed by atoms with Gasteiger partial charge < -0.3 is 10.7 Å². The smallest absolute Gasteiger partial charge is 0.333 e. The number of fused-ring (bicyclic) bond motifs is 1. The third kappa shape index (κ3) is 3.82. The first-order chi connectivity index (χ1) is 16.9. The van der Waals surface area contributed by atoms with Crippen LogP contribution in [0.25, 0.3) is 27.7 Å². The molecule has 2 heterocycles. The van der Waals surface area contributed by atoms with Crippen molar-refractivity contribution >= 4 is 39.4 Å². The Kier molecular flexibility index (Phi) is 5.56. The summed E-state index contributed by atoms with van der Waals surface area (Å²) in [5.74, 6) is 5.78. The van der Waals surface area contributed by atoms with Gasteiger partial charge in [-0.1, -0.05) is 48.0 Å². The van der Waals surface area contributed by atoms with Crippen molar-refractivity contribution in [2.24, 2.45) is 5.84 Å². The van der Waals surface area contributed by atoms with Gasteiger partial charge in [0.05, 0.1) is 34.0 Å². The topological polar surface area (TPSA) is 123 Å². The number of pyridine rings is 1. The molecule has 3 aromatic carbocycles. The normalized spacial score (nSPS) is 11.1. The van der Waals surface area contributed by atoms with Gasteiger partial charge in [0, 0.05) is 22.5 Å². The van der Waals surface area contributed by atoms with Gasteiger partial charge >= 0.3 is 5.69 Å². The maximum absolute atomic E-state index is 14.0. The molecule has 10 heteroatoms. The van der Waals surface area contributed by atoms with Crippen molar-refractivity contribution in [1.82, 2.24) is 14.5 Å². The van der Waals surface area contributed by atoms with E-state index in [-0.39, 0.29) is 27.7 Å².